The fraction of sp³-hybridized carbons (Fsp3) is 0.417. The van der Waals surface area contributed by atoms with Gasteiger partial charge >= 0.3 is 0 Å². The minimum absolute atomic E-state index is 0.164. The molecule has 0 aliphatic rings. The summed E-state index contributed by atoms with van der Waals surface area (Å²) in [5, 5.41) is 6.07. The number of carbonyl (C=O) groups is 1. The molecule has 5 heteroatoms. The molecule has 3 nitrogen and oxygen atoms in total. The van der Waals surface area contributed by atoms with Crippen LogP contribution in [0.2, 0.25) is 0 Å². The highest BCUT2D eigenvalue weighted by Crippen LogP contribution is 2.22. The van der Waals surface area contributed by atoms with E-state index in [1.54, 1.807) is 11.3 Å². The summed E-state index contributed by atoms with van der Waals surface area (Å²) in [5.41, 5.74) is 0.839. The molecule has 0 saturated heterocycles. The van der Waals surface area contributed by atoms with Crippen molar-refractivity contribution >= 4 is 28.7 Å². The molecule has 0 saturated carbocycles. The first-order chi connectivity index (χ1) is 8.18. The topological polar surface area (TPSA) is 42.9 Å². The Hall–Kier alpha value is -1.07. The van der Waals surface area contributed by atoms with Crippen LogP contribution in [0.4, 0.5) is 0 Å². The second-order valence-electron chi connectivity index (χ2n) is 4.14. The van der Waals surface area contributed by atoms with E-state index in [9.17, 15) is 4.79 Å². The number of Topliss-reactive ketones (excluding diaryl/α,β-unsaturated/α-hetero) is 1. The van der Waals surface area contributed by atoms with E-state index in [1.807, 2.05) is 25.3 Å². The Morgan fingerprint density at radius 3 is 2.94 bits per heavy atom. The quantitative estimate of drug-likeness (QED) is 0.777. The number of aryl methyl sites for hydroxylation is 1. The van der Waals surface area contributed by atoms with Gasteiger partial charge in [-0.05, 0) is 35.3 Å². The van der Waals surface area contributed by atoms with Crippen LogP contribution in [-0.2, 0) is 6.42 Å². The van der Waals surface area contributed by atoms with Crippen LogP contribution in [0.25, 0.3) is 0 Å². The third-order valence-corrected chi connectivity index (χ3v) is 4.21. The van der Waals surface area contributed by atoms with Gasteiger partial charge in [0.15, 0.2) is 5.78 Å². The zero-order valence-electron chi connectivity index (χ0n) is 9.84. The summed E-state index contributed by atoms with van der Waals surface area (Å²) in [5.74, 6) is 0.423. The van der Waals surface area contributed by atoms with Gasteiger partial charge in [-0.15, -0.1) is 16.4 Å². The Morgan fingerprint density at radius 2 is 2.29 bits per heavy atom. The molecule has 2 aromatic heterocycles. The van der Waals surface area contributed by atoms with Gasteiger partial charge in [-0.1, -0.05) is 24.4 Å². The Labute approximate surface area is 109 Å². The second kappa shape index (κ2) is 5.51. The van der Waals surface area contributed by atoms with E-state index in [-0.39, 0.29) is 11.7 Å². The third kappa shape index (κ3) is 2.98. The van der Waals surface area contributed by atoms with Crippen LogP contribution in [0.5, 0.6) is 0 Å². The van der Waals surface area contributed by atoms with Crippen molar-refractivity contribution in [3.63, 3.8) is 0 Å². The van der Waals surface area contributed by atoms with Gasteiger partial charge in [-0.3, -0.25) is 4.79 Å². The van der Waals surface area contributed by atoms with E-state index in [4.69, 9.17) is 0 Å². The number of hydrogen-bond donors (Lipinski definition) is 0. The van der Waals surface area contributed by atoms with Gasteiger partial charge in [0.2, 0.25) is 0 Å². The van der Waals surface area contributed by atoms with Gasteiger partial charge in [0.1, 0.15) is 4.88 Å². The summed E-state index contributed by atoms with van der Waals surface area (Å²) in [7, 11) is 0. The summed E-state index contributed by atoms with van der Waals surface area (Å²) >= 11 is 2.91. The molecule has 0 bridgehead atoms. The molecule has 0 aliphatic carbocycles. The highest BCUT2D eigenvalue weighted by molar-refractivity contribution is 7.10. The van der Waals surface area contributed by atoms with Gasteiger partial charge < -0.3 is 0 Å². The standard InChI is InChI=1S/C12H14N2OS2/c1-8(2)11-12(17-14-13-11)10(15)6-5-9-4-3-7-16-9/h3-4,7-8H,5-6H2,1-2H3. The maximum atomic E-state index is 12.1. The number of aromatic nitrogens is 2. The summed E-state index contributed by atoms with van der Waals surface area (Å²) in [6, 6.07) is 4.07. The molecule has 2 aromatic rings. The van der Waals surface area contributed by atoms with E-state index in [1.165, 1.54) is 16.4 Å². The van der Waals surface area contributed by atoms with Crippen molar-refractivity contribution in [2.75, 3.05) is 0 Å². The lowest BCUT2D eigenvalue weighted by atomic mass is 10.1. The molecule has 0 fully saturated rings. The van der Waals surface area contributed by atoms with Gasteiger partial charge in [0.25, 0.3) is 0 Å². The first-order valence-electron chi connectivity index (χ1n) is 5.56. The molecular weight excluding hydrogens is 252 g/mol. The van der Waals surface area contributed by atoms with Crippen LogP contribution in [0.15, 0.2) is 17.5 Å². The molecule has 90 valence electrons. The number of carbonyl (C=O) groups excluding carboxylic acids is 1. The van der Waals surface area contributed by atoms with E-state index in [0.717, 1.165) is 17.0 Å². The zero-order chi connectivity index (χ0) is 12.3. The monoisotopic (exact) mass is 266 g/mol. The lowest BCUT2D eigenvalue weighted by molar-refractivity contribution is 0.0985. The van der Waals surface area contributed by atoms with E-state index >= 15 is 0 Å². The molecule has 0 radical (unpaired) electrons. The smallest absolute Gasteiger partial charge is 0.176 e. The average Bonchev–Trinajstić information content (AvgIpc) is 2.96. The van der Waals surface area contributed by atoms with Crippen LogP contribution in [0, 0.1) is 0 Å². The number of rotatable bonds is 5. The minimum atomic E-state index is 0.164. The van der Waals surface area contributed by atoms with Crippen LogP contribution >= 0.6 is 22.9 Å². The van der Waals surface area contributed by atoms with Crippen LogP contribution in [-0.4, -0.2) is 15.4 Å². The first kappa shape index (κ1) is 12.4. The molecule has 2 rings (SSSR count). The van der Waals surface area contributed by atoms with Crippen molar-refractivity contribution in [1.29, 1.82) is 0 Å². The number of hydrogen-bond acceptors (Lipinski definition) is 5. The zero-order valence-corrected chi connectivity index (χ0v) is 11.5. The molecule has 0 aromatic carbocycles. The lowest BCUT2D eigenvalue weighted by Crippen LogP contribution is -2.03. The van der Waals surface area contributed by atoms with Crippen LogP contribution in [0.3, 0.4) is 0 Å². The maximum absolute atomic E-state index is 12.1. The Balaban J connectivity index is 2.02. The number of thiophene rings is 1. The Kier molecular flexibility index (Phi) is 4.02. The molecule has 0 unspecified atom stereocenters. The lowest BCUT2D eigenvalue weighted by Gasteiger charge is -2.02. The van der Waals surface area contributed by atoms with Gasteiger partial charge in [-0.25, -0.2) is 0 Å². The van der Waals surface area contributed by atoms with E-state index in [0.29, 0.717) is 6.42 Å². The Morgan fingerprint density at radius 1 is 1.47 bits per heavy atom. The van der Waals surface area contributed by atoms with Crippen molar-refractivity contribution in [2.45, 2.75) is 32.6 Å². The van der Waals surface area contributed by atoms with Crippen LogP contribution in [0.1, 0.15) is 46.4 Å². The molecule has 17 heavy (non-hydrogen) atoms. The summed E-state index contributed by atoms with van der Waals surface area (Å²) in [6.45, 7) is 4.07. The van der Waals surface area contributed by atoms with Crippen molar-refractivity contribution in [2.24, 2.45) is 0 Å². The Bertz CT molecular complexity index is 488. The van der Waals surface area contributed by atoms with E-state index < -0.39 is 0 Å². The molecule has 0 N–H and O–H groups in total. The molecule has 0 atom stereocenters. The highest BCUT2D eigenvalue weighted by Gasteiger charge is 2.18. The van der Waals surface area contributed by atoms with Gasteiger partial charge in [-0.2, -0.15) is 0 Å². The van der Waals surface area contributed by atoms with Gasteiger partial charge in [0, 0.05) is 11.3 Å². The summed E-state index contributed by atoms with van der Waals surface area (Å²) in [4.78, 5) is 14.0. The fourth-order valence-electron chi connectivity index (χ4n) is 1.57. The summed E-state index contributed by atoms with van der Waals surface area (Å²) < 4.78 is 3.88. The SMILES string of the molecule is CC(C)c1nnsc1C(=O)CCc1cccs1. The van der Waals surface area contributed by atoms with Crippen molar-refractivity contribution in [3.8, 4) is 0 Å². The first-order valence-corrected chi connectivity index (χ1v) is 7.21. The predicted octanol–water partition coefficient (Wildman–Crippen LogP) is 3.54. The predicted molar refractivity (Wildman–Crippen MR) is 71.0 cm³/mol. The molecular formula is C12H14N2OS2. The fourth-order valence-corrected chi connectivity index (χ4v) is 3.07. The highest BCUT2D eigenvalue weighted by atomic mass is 32.1. The minimum Gasteiger partial charge on any atom is -0.293 e. The molecule has 0 aliphatic heterocycles. The largest absolute Gasteiger partial charge is 0.293 e. The number of nitrogens with zero attached hydrogens (tertiary/aromatic N) is 2. The van der Waals surface area contributed by atoms with Crippen molar-refractivity contribution < 1.29 is 4.79 Å². The van der Waals surface area contributed by atoms with Crippen molar-refractivity contribution in [3.05, 3.63) is 33.0 Å². The number of ketones is 1. The normalized spacial score (nSPS) is 11.0. The van der Waals surface area contributed by atoms with Crippen LogP contribution < -0.4 is 0 Å². The molecule has 0 amide bonds. The molecule has 0 spiro atoms. The maximum Gasteiger partial charge on any atom is 0.176 e. The molecule has 2 heterocycles. The second-order valence-corrected chi connectivity index (χ2v) is 5.93. The van der Waals surface area contributed by atoms with E-state index in [2.05, 4.69) is 15.7 Å². The van der Waals surface area contributed by atoms with Crippen molar-refractivity contribution in [1.82, 2.24) is 9.59 Å². The summed E-state index contributed by atoms with van der Waals surface area (Å²) in [6.07, 6.45) is 1.36. The van der Waals surface area contributed by atoms with Gasteiger partial charge in [0.05, 0.1) is 5.69 Å². The average molecular weight is 266 g/mol. The third-order valence-electron chi connectivity index (χ3n) is 2.49.